The molecule has 0 aromatic heterocycles. The molecule has 2 aromatic carbocycles. The first kappa shape index (κ1) is 13.7. The number of hydrogen-bond acceptors (Lipinski definition) is 4. The number of hydrogen-bond donors (Lipinski definition) is 4. The van der Waals surface area contributed by atoms with Crippen molar-refractivity contribution in [1.82, 2.24) is 0 Å². The summed E-state index contributed by atoms with van der Waals surface area (Å²) < 4.78 is 0. The van der Waals surface area contributed by atoms with Gasteiger partial charge in [-0.1, -0.05) is 0 Å². The van der Waals surface area contributed by atoms with E-state index < -0.39 is 0 Å². The number of aromatic hydroxyl groups is 4. The molecule has 0 fully saturated rings. The summed E-state index contributed by atoms with van der Waals surface area (Å²) >= 11 is 0. The van der Waals surface area contributed by atoms with Gasteiger partial charge in [0, 0.05) is 0 Å². The molecule has 0 bridgehead atoms. The van der Waals surface area contributed by atoms with Crippen LogP contribution >= 0.6 is 0 Å². The molecule has 96 valence electrons. The Morgan fingerprint density at radius 2 is 0.944 bits per heavy atom. The van der Waals surface area contributed by atoms with Crippen LogP contribution in [-0.2, 0) is 0 Å². The predicted molar refractivity (Wildman–Crippen MR) is 69.0 cm³/mol. The second-order valence-electron chi connectivity index (χ2n) is 3.94. The van der Waals surface area contributed by atoms with Crippen molar-refractivity contribution >= 4 is 0 Å². The van der Waals surface area contributed by atoms with E-state index in [9.17, 15) is 0 Å². The first-order valence-corrected chi connectivity index (χ1v) is 5.37. The van der Waals surface area contributed by atoms with E-state index in [4.69, 9.17) is 20.4 Å². The van der Waals surface area contributed by atoms with Crippen LogP contribution in [0.3, 0.4) is 0 Å². The Labute approximate surface area is 105 Å². The molecule has 0 saturated carbocycles. The van der Waals surface area contributed by atoms with Crippen molar-refractivity contribution in [3.8, 4) is 23.0 Å². The molecule has 4 heteroatoms. The first-order valence-electron chi connectivity index (χ1n) is 5.37. The number of phenolic OH excluding ortho intramolecular Hbond substituents is 4. The van der Waals surface area contributed by atoms with Crippen molar-refractivity contribution in [1.29, 1.82) is 0 Å². The number of aryl methyl sites for hydroxylation is 2. The van der Waals surface area contributed by atoms with Gasteiger partial charge in [0.15, 0.2) is 0 Å². The third kappa shape index (κ3) is 3.90. The molecular weight excluding hydrogens is 232 g/mol. The maximum atomic E-state index is 8.93. The number of phenols is 4. The van der Waals surface area contributed by atoms with Crippen molar-refractivity contribution in [2.75, 3.05) is 0 Å². The maximum Gasteiger partial charge on any atom is 0.118 e. The van der Waals surface area contributed by atoms with Crippen LogP contribution in [0.5, 0.6) is 23.0 Å². The zero-order chi connectivity index (χ0) is 13.7. The quantitative estimate of drug-likeness (QED) is 0.540. The molecule has 2 aromatic rings. The molecular formula is C14H16O4. The van der Waals surface area contributed by atoms with E-state index >= 15 is 0 Å². The summed E-state index contributed by atoms with van der Waals surface area (Å²) in [7, 11) is 0. The van der Waals surface area contributed by atoms with E-state index in [-0.39, 0.29) is 23.0 Å². The summed E-state index contributed by atoms with van der Waals surface area (Å²) in [6.07, 6.45) is 0. The Bertz CT molecular complexity index is 486. The lowest BCUT2D eigenvalue weighted by Crippen LogP contribution is -1.71. The summed E-state index contributed by atoms with van der Waals surface area (Å²) in [4.78, 5) is 0. The Hall–Kier alpha value is -2.36. The van der Waals surface area contributed by atoms with Crippen molar-refractivity contribution in [3.63, 3.8) is 0 Å². The molecule has 0 spiro atoms. The molecule has 2 rings (SSSR count). The molecule has 4 N–H and O–H groups in total. The minimum atomic E-state index is 0.185. The van der Waals surface area contributed by atoms with Crippen LogP contribution in [0.25, 0.3) is 0 Å². The fourth-order valence-corrected chi connectivity index (χ4v) is 1.28. The van der Waals surface area contributed by atoms with Crippen molar-refractivity contribution < 1.29 is 20.4 Å². The monoisotopic (exact) mass is 248 g/mol. The van der Waals surface area contributed by atoms with Gasteiger partial charge in [0.1, 0.15) is 23.0 Å². The lowest BCUT2D eigenvalue weighted by molar-refractivity contribution is 0.456. The minimum absolute atomic E-state index is 0.185. The fourth-order valence-electron chi connectivity index (χ4n) is 1.28. The Morgan fingerprint density at radius 1 is 0.611 bits per heavy atom. The van der Waals surface area contributed by atoms with Crippen LogP contribution in [0.15, 0.2) is 36.4 Å². The Morgan fingerprint density at radius 3 is 1.17 bits per heavy atom. The number of benzene rings is 2. The van der Waals surface area contributed by atoms with Gasteiger partial charge >= 0.3 is 0 Å². The van der Waals surface area contributed by atoms with Gasteiger partial charge in [0.05, 0.1) is 0 Å². The first-order chi connectivity index (χ1) is 8.40. The van der Waals surface area contributed by atoms with Gasteiger partial charge in [-0.3, -0.25) is 0 Å². The normalized spacial score (nSPS) is 9.44. The van der Waals surface area contributed by atoms with Gasteiger partial charge in [-0.05, 0) is 61.4 Å². The Balaban J connectivity index is 0.000000180. The molecule has 0 aliphatic rings. The third-order valence-electron chi connectivity index (χ3n) is 2.36. The van der Waals surface area contributed by atoms with E-state index in [1.165, 1.54) is 36.4 Å². The van der Waals surface area contributed by atoms with Crippen LogP contribution in [0, 0.1) is 13.8 Å². The largest absolute Gasteiger partial charge is 0.508 e. The highest BCUT2D eigenvalue weighted by Crippen LogP contribution is 2.20. The second kappa shape index (κ2) is 5.82. The lowest BCUT2D eigenvalue weighted by atomic mass is 10.2. The molecule has 0 radical (unpaired) electrons. The zero-order valence-electron chi connectivity index (χ0n) is 10.3. The molecule has 0 amide bonds. The minimum Gasteiger partial charge on any atom is -0.508 e. The van der Waals surface area contributed by atoms with Gasteiger partial charge in [-0.2, -0.15) is 0 Å². The summed E-state index contributed by atoms with van der Waals surface area (Å²) in [5, 5.41) is 35.5. The smallest absolute Gasteiger partial charge is 0.118 e. The second-order valence-corrected chi connectivity index (χ2v) is 3.94. The zero-order valence-corrected chi connectivity index (χ0v) is 10.3. The SMILES string of the molecule is Cc1cc(O)ccc1O.Cc1cc(O)ccc1O. The summed E-state index contributed by atoms with van der Waals surface area (Å²) in [5.74, 6) is 0.802. The molecule has 0 saturated heterocycles. The van der Waals surface area contributed by atoms with E-state index in [0.717, 1.165) is 0 Å². The van der Waals surface area contributed by atoms with Gasteiger partial charge in [0.25, 0.3) is 0 Å². The molecule has 0 aliphatic carbocycles. The lowest BCUT2D eigenvalue weighted by Gasteiger charge is -1.96. The van der Waals surface area contributed by atoms with E-state index in [1.807, 2.05) is 0 Å². The van der Waals surface area contributed by atoms with E-state index in [2.05, 4.69) is 0 Å². The fraction of sp³-hybridized carbons (Fsp3) is 0.143. The van der Waals surface area contributed by atoms with Crippen LogP contribution in [0.4, 0.5) is 0 Å². The topological polar surface area (TPSA) is 80.9 Å². The van der Waals surface area contributed by atoms with E-state index in [0.29, 0.717) is 11.1 Å². The average Bonchev–Trinajstić information content (AvgIpc) is 2.30. The molecule has 0 heterocycles. The number of rotatable bonds is 0. The highest BCUT2D eigenvalue weighted by Gasteiger charge is 1.94. The molecule has 4 nitrogen and oxygen atoms in total. The highest BCUT2D eigenvalue weighted by molar-refractivity contribution is 5.37. The van der Waals surface area contributed by atoms with Gasteiger partial charge in [0.2, 0.25) is 0 Å². The van der Waals surface area contributed by atoms with Gasteiger partial charge in [-0.15, -0.1) is 0 Å². The summed E-state index contributed by atoms with van der Waals surface area (Å²) in [6, 6.07) is 8.84. The van der Waals surface area contributed by atoms with Gasteiger partial charge < -0.3 is 20.4 Å². The molecule has 0 aliphatic heterocycles. The summed E-state index contributed by atoms with van der Waals surface area (Å²) in [6.45, 7) is 3.46. The third-order valence-corrected chi connectivity index (χ3v) is 2.36. The van der Waals surface area contributed by atoms with Gasteiger partial charge in [-0.25, -0.2) is 0 Å². The highest BCUT2D eigenvalue weighted by atomic mass is 16.3. The van der Waals surface area contributed by atoms with Crippen molar-refractivity contribution in [2.45, 2.75) is 13.8 Å². The molecule has 18 heavy (non-hydrogen) atoms. The van der Waals surface area contributed by atoms with Crippen LogP contribution < -0.4 is 0 Å². The van der Waals surface area contributed by atoms with Crippen molar-refractivity contribution in [3.05, 3.63) is 47.5 Å². The Kier molecular flexibility index (Phi) is 4.43. The molecule has 0 unspecified atom stereocenters. The standard InChI is InChI=1S/2C7H8O2/c2*1-5-4-6(8)2-3-7(5)9/h2*2-4,8-9H,1H3. The predicted octanol–water partition coefficient (Wildman–Crippen LogP) is 2.81. The van der Waals surface area contributed by atoms with Crippen LogP contribution in [0.1, 0.15) is 11.1 Å². The summed E-state index contributed by atoms with van der Waals surface area (Å²) in [5.41, 5.74) is 1.38. The molecule has 0 atom stereocenters. The van der Waals surface area contributed by atoms with Crippen LogP contribution in [-0.4, -0.2) is 20.4 Å². The maximum absolute atomic E-state index is 8.93. The van der Waals surface area contributed by atoms with Crippen LogP contribution in [0.2, 0.25) is 0 Å². The van der Waals surface area contributed by atoms with Crippen molar-refractivity contribution in [2.24, 2.45) is 0 Å². The average molecular weight is 248 g/mol. The van der Waals surface area contributed by atoms with E-state index in [1.54, 1.807) is 13.8 Å².